The molecular weight excluding hydrogens is 272 g/mol. The molecular formula is C16H16O5. The zero-order chi connectivity index (χ0) is 15.2. The molecule has 0 amide bonds. The maximum absolute atomic E-state index is 11.7. The molecule has 0 atom stereocenters. The number of rotatable bonds is 6. The number of esters is 1. The minimum absolute atomic E-state index is 0.118. The highest BCUT2D eigenvalue weighted by atomic mass is 16.5. The number of ether oxygens (including phenoxy) is 1. The first-order chi connectivity index (χ1) is 10.1. The number of furan rings is 1. The summed E-state index contributed by atoms with van der Waals surface area (Å²) in [5.74, 6) is -1.15. The van der Waals surface area contributed by atoms with Crippen LogP contribution < -0.4 is 0 Å². The van der Waals surface area contributed by atoms with Gasteiger partial charge in [-0.3, -0.25) is 0 Å². The molecule has 0 radical (unpaired) electrons. The van der Waals surface area contributed by atoms with Gasteiger partial charge in [0.1, 0.15) is 5.76 Å². The van der Waals surface area contributed by atoms with Gasteiger partial charge in [-0.2, -0.15) is 0 Å². The topological polar surface area (TPSA) is 76.7 Å². The summed E-state index contributed by atoms with van der Waals surface area (Å²) in [6.45, 7) is 2.44. The van der Waals surface area contributed by atoms with Gasteiger partial charge in [0.25, 0.3) is 0 Å². The van der Waals surface area contributed by atoms with E-state index < -0.39 is 5.97 Å². The van der Waals surface area contributed by atoms with Crippen molar-refractivity contribution >= 4 is 11.9 Å². The summed E-state index contributed by atoms with van der Waals surface area (Å²) in [6, 6.07) is 9.63. The van der Waals surface area contributed by atoms with Crippen LogP contribution in [-0.4, -0.2) is 23.7 Å². The van der Waals surface area contributed by atoms with Crippen LogP contribution in [0, 0.1) is 0 Å². The van der Waals surface area contributed by atoms with E-state index in [9.17, 15) is 9.59 Å². The Kier molecular flexibility index (Phi) is 4.77. The lowest BCUT2D eigenvalue weighted by Gasteiger charge is -2.04. The summed E-state index contributed by atoms with van der Waals surface area (Å²) < 4.78 is 10.3. The van der Waals surface area contributed by atoms with E-state index in [1.807, 2.05) is 6.92 Å². The monoisotopic (exact) mass is 288 g/mol. The van der Waals surface area contributed by atoms with Gasteiger partial charge in [-0.1, -0.05) is 25.5 Å². The number of aromatic carboxylic acids is 1. The lowest BCUT2D eigenvalue weighted by atomic mass is 10.1. The number of unbranched alkanes of at least 4 members (excludes halogenated alkanes) is 1. The third-order valence-corrected chi connectivity index (χ3v) is 2.95. The summed E-state index contributed by atoms with van der Waals surface area (Å²) in [4.78, 5) is 22.5. The maximum atomic E-state index is 11.7. The normalized spacial score (nSPS) is 10.3. The second-order valence-electron chi connectivity index (χ2n) is 4.54. The Balaban J connectivity index is 2.07. The standard InChI is InChI=1S/C16H16O5/c1-2-3-10-20-16(19)12-6-4-11(5-7-12)13-8-9-14(21-13)15(17)18/h4-9H,2-3,10H2,1H3,(H,17,18). The van der Waals surface area contributed by atoms with E-state index in [2.05, 4.69) is 0 Å². The number of hydrogen-bond acceptors (Lipinski definition) is 4. The number of carbonyl (C=O) groups is 2. The first kappa shape index (κ1) is 14.8. The van der Waals surface area contributed by atoms with Gasteiger partial charge in [-0.25, -0.2) is 9.59 Å². The molecule has 0 saturated carbocycles. The van der Waals surface area contributed by atoms with E-state index in [-0.39, 0.29) is 11.7 Å². The Morgan fingerprint density at radius 3 is 2.43 bits per heavy atom. The summed E-state index contributed by atoms with van der Waals surface area (Å²) in [5, 5.41) is 8.81. The smallest absolute Gasteiger partial charge is 0.371 e. The molecule has 1 aromatic heterocycles. The molecule has 1 heterocycles. The molecule has 0 bridgehead atoms. The van der Waals surface area contributed by atoms with Crippen LogP contribution >= 0.6 is 0 Å². The van der Waals surface area contributed by atoms with Crippen molar-refractivity contribution in [3.05, 3.63) is 47.7 Å². The van der Waals surface area contributed by atoms with Crippen molar-refractivity contribution in [1.29, 1.82) is 0 Å². The van der Waals surface area contributed by atoms with Crippen molar-refractivity contribution in [1.82, 2.24) is 0 Å². The van der Waals surface area contributed by atoms with Crippen LogP contribution in [0.4, 0.5) is 0 Å². The van der Waals surface area contributed by atoms with E-state index in [1.54, 1.807) is 30.3 Å². The SMILES string of the molecule is CCCCOC(=O)c1ccc(-c2ccc(C(=O)O)o2)cc1. The molecule has 1 N–H and O–H groups in total. The van der Waals surface area contributed by atoms with Crippen LogP contribution in [0.15, 0.2) is 40.8 Å². The van der Waals surface area contributed by atoms with Gasteiger partial charge >= 0.3 is 11.9 Å². The molecule has 5 heteroatoms. The largest absolute Gasteiger partial charge is 0.475 e. The zero-order valence-corrected chi connectivity index (χ0v) is 11.7. The Bertz CT molecular complexity index is 624. The molecule has 0 unspecified atom stereocenters. The Hall–Kier alpha value is -2.56. The van der Waals surface area contributed by atoms with Gasteiger partial charge in [0.05, 0.1) is 12.2 Å². The fraction of sp³-hybridized carbons (Fsp3) is 0.250. The van der Waals surface area contributed by atoms with Crippen molar-refractivity contribution < 1.29 is 23.8 Å². The first-order valence-electron chi connectivity index (χ1n) is 6.72. The van der Waals surface area contributed by atoms with Gasteiger partial charge in [-0.15, -0.1) is 0 Å². The number of hydrogen-bond donors (Lipinski definition) is 1. The lowest BCUT2D eigenvalue weighted by Crippen LogP contribution is -2.05. The first-order valence-corrected chi connectivity index (χ1v) is 6.72. The molecule has 0 aliphatic carbocycles. The van der Waals surface area contributed by atoms with E-state index in [4.69, 9.17) is 14.3 Å². The predicted octanol–water partition coefficient (Wildman–Crippen LogP) is 3.60. The molecule has 0 spiro atoms. The van der Waals surface area contributed by atoms with E-state index >= 15 is 0 Å². The minimum atomic E-state index is -1.11. The van der Waals surface area contributed by atoms with Gasteiger partial charge < -0.3 is 14.3 Å². The molecule has 1 aromatic carbocycles. The van der Waals surface area contributed by atoms with Crippen LogP contribution in [0.3, 0.4) is 0 Å². The van der Waals surface area contributed by atoms with Crippen molar-refractivity contribution in [2.45, 2.75) is 19.8 Å². The fourth-order valence-electron chi connectivity index (χ4n) is 1.77. The summed E-state index contributed by atoms with van der Waals surface area (Å²) in [6.07, 6.45) is 1.81. The third-order valence-electron chi connectivity index (χ3n) is 2.95. The molecule has 0 fully saturated rings. The van der Waals surface area contributed by atoms with Crippen LogP contribution in [0.1, 0.15) is 40.7 Å². The van der Waals surface area contributed by atoms with Crippen LogP contribution in [-0.2, 0) is 4.74 Å². The highest BCUT2D eigenvalue weighted by Crippen LogP contribution is 2.22. The second-order valence-corrected chi connectivity index (χ2v) is 4.54. The van der Waals surface area contributed by atoms with Gasteiger partial charge in [0.15, 0.2) is 0 Å². The molecule has 0 saturated heterocycles. The van der Waals surface area contributed by atoms with Crippen molar-refractivity contribution in [2.24, 2.45) is 0 Å². The Labute approximate surface area is 122 Å². The number of carboxylic acids is 1. The summed E-state index contributed by atoms with van der Waals surface area (Å²) >= 11 is 0. The maximum Gasteiger partial charge on any atom is 0.371 e. The molecule has 0 aliphatic heterocycles. The average Bonchev–Trinajstić information content (AvgIpc) is 2.97. The molecule has 2 aromatic rings. The molecule has 110 valence electrons. The highest BCUT2D eigenvalue weighted by molar-refractivity contribution is 5.90. The number of carboxylic acid groups (broad SMARTS) is 1. The van der Waals surface area contributed by atoms with Crippen LogP contribution in [0.25, 0.3) is 11.3 Å². The average molecular weight is 288 g/mol. The van der Waals surface area contributed by atoms with Crippen LogP contribution in [0.5, 0.6) is 0 Å². The molecule has 21 heavy (non-hydrogen) atoms. The molecule has 0 aliphatic rings. The van der Waals surface area contributed by atoms with Crippen molar-refractivity contribution in [2.75, 3.05) is 6.61 Å². The van der Waals surface area contributed by atoms with E-state index in [1.165, 1.54) is 6.07 Å². The van der Waals surface area contributed by atoms with Gasteiger partial charge in [0.2, 0.25) is 5.76 Å². The second kappa shape index (κ2) is 6.74. The van der Waals surface area contributed by atoms with Gasteiger partial charge in [-0.05, 0) is 30.7 Å². The van der Waals surface area contributed by atoms with Crippen molar-refractivity contribution in [3.8, 4) is 11.3 Å². The fourth-order valence-corrected chi connectivity index (χ4v) is 1.77. The highest BCUT2D eigenvalue weighted by Gasteiger charge is 2.11. The van der Waals surface area contributed by atoms with E-state index in [0.717, 1.165) is 12.8 Å². The Morgan fingerprint density at radius 1 is 1.14 bits per heavy atom. The molecule has 5 nitrogen and oxygen atoms in total. The van der Waals surface area contributed by atoms with Gasteiger partial charge in [0, 0.05) is 5.56 Å². The number of carbonyl (C=O) groups excluding carboxylic acids is 1. The Morgan fingerprint density at radius 2 is 1.86 bits per heavy atom. The third kappa shape index (κ3) is 3.72. The quantitative estimate of drug-likeness (QED) is 0.649. The molecule has 2 rings (SSSR count). The van der Waals surface area contributed by atoms with Crippen molar-refractivity contribution in [3.63, 3.8) is 0 Å². The number of benzene rings is 1. The van der Waals surface area contributed by atoms with E-state index in [0.29, 0.717) is 23.5 Å². The predicted molar refractivity (Wildman–Crippen MR) is 76.3 cm³/mol. The zero-order valence-electron chi connectivity index (χ0n) is 11.7. The van der Waals surface area contributed by atoms with Crippen LogP contribution in [0.2, 0.25) is 0 Å². The lowest BCUT2D eigenvalue weighted by molar-refractivity contribution is 0.0499. The summed E-state index contributed by atoms with van der Waals surface area (Å²) in [5.41, 5.74) is 1.16. The summed E-state index contributed by atoms with van der Waals surface area (Å²) in [7, 11) is 0. The minimum Gasteiger partial charge on any atom is -0.475 e.